The van der Waals surface area contributed by atoms with E-state index >= 15 is 0 Å². The summed E-state index contributed by atoms with van der Waals surface area (Å²) in [5, 5.41) is 0. The molecular weight excluding hydrogens is 390 g/mol. The van der Waals surface area contributed by atoms with Gasteiger partial charge in [0.1, 0.15) is 12.4 Å². The Bertz CT molecular complexity index is 916. The largest absolute Gasteiger partial charge is 0.492 e. The molecule has 0 amide bonds. The second kappa shape index (κ2) is 11.6. The van der Waals surface area contributed by atoms with Crippen LogP contribution in [0.4, 0.5) is 0 Å². The Morgan fingerprint density at radius 2 is 1.23 bits per heavy atom. The van der Waals surface area contributed by atoms with E-state index in [0.717, 1.165) is 12.3 Å². The molecule has 0 aliphatic heterocycles. The van der Waals surface area contributed by atoms with Gasteiger partial charge >= 0.3 is 0 Å². The highest BCUT2D eigenvalue weighted by molar-refractivity contribution is 5.99. The third kappa shape index (κ3) is 6.22. The molecule has 0 spiro atoms. The summed E-state index contributed by atoms with van der Waals surface area (Å²) in [5.41, 5.74) is 6.36. The molecule has 0 aliphatic rings. The summed E-state index contributed by atoms with van der Waals surface area (Å²) < 4.78 is 5.89. The molecular formula is C27H32ClNO. The van der Waals surface area contributed by atoms with Gasteiger partial charge in [0.2, 0.25) is 0 Å². The van der Waals surface area contributed by atoms with E-state index in [4.69, 9.17) is 4.74 Å². The first-order chi connectivity index (χ1) is 14.1. The Balaban J connectivity index is 0.00000320. The number of allylic oxidation sites excluding steroid dienone is 1. The van der Waals surface area contributed by atoms with Crippen LogP contribution in [0.5, 0.6) is 5.75 Å². The fraction of sp³-hybridized carbons (Fsp3) is 0.259. The summed E-state index contributed by atoms with van der Waals surface area (Å²) in [4.78, 5) is 2.12. The van der Waals surface area contributed by atoms with Gasteiger partial charge in [0.05, 0.1) is 0 Å². The first-order valence-corrected chi connectivity index (χ1v) is 10.3. The zero-order valence-corrected chi connectivity index (χ0v) is 19.2. The molecule has 158 valence electrons. The Hall–Kier alpha value is -2.55. The van der Waals surface area contributed by atoms with Crippen LogP contribution in [0.15, 0.2) is 84.9 Å². The fourth-order valence-corrected chi connectivity index (χ4v) is 3.53. The second-order valence-electron chi connectivity index (χ2n) is 7.85. The van der Waals surface area contributed by atoms with E-state index in [2.05, 4.69) is 118 Å². The van der Waals surface area contributed by atoms with Crippen LogP contribution in [0.1, 0.15) is 30.5 Å². The predicted molar refractivity (Wildman–Crippen MR) is 131 cm³/mol. The number of likely N-dealkylation sites (N-methyl/N-ethyl adjacent to an activating group) is 1. The Kier molecular flexibility index (Phi) is 9.16. The van der Waals surface area contributed by atoms with E-state index in [9.17, 15) is 0 Å². The number of nitrogens with zero attached hydrogens (tertiary/aromatic N) is 1. The van der Waals surface area contributed by atoms with Gasteiger partial charge < -0.3 is 9.64 Å². The lowest BCUT2D eigenvalue weighted by Gasteiger charge is -2.20. The van der Waals surface area contributed by atoms with Crippen LogP contribution in [0.25, 0.3) is 11.1 Å². The van der Waals surface area contributed by atoms with Gasteiger partial charge in [0, 0.05) is 6.54 Å². The highest BCUT2D eigenvalue weighted by Crippen LogP contribution is 2.37. The number of halogens is 1. The molecule has 0 aliphatic carbocycles. The standard InChI is InChI=1S/C27H31NO.ClH/c1-21(2)26(22-11-7-5-8-12-22)27(23-13-9-6-10-14-23)24-15-17-25(18-16-24)29-20-19-28(3)4;/h5-18,21H,19-20H2,1-4H3;1H/b27-26-;. The first-order valence-electron chi connectivity index (χ1n) is 10.3. The van der Waals surface area contributed by atoms with Crippen LogP contribution in [0.3, 0.4) is 0 Å². The number of benzene rings is 3. The van der Waals surface area contributed by atoms with Crippen molar-refractivity contribution in [2.75, 3.05) is 27.2 Å². The lowest BCUT2D eigenvalue weighted by atomic mass is 9.84. The summed E-state index contributed by atoms with van der Waals surface area (Å²) in [5.74, 6) is 1.30. The quantitative estimate of drug-likeness (QED) is 0.377. The van der Waals surface area contributed by atoms with Crippen molar-refractivity contribution in [2.24, 2.45) is 5.92 Å². The summed E-state index contributed by atoms with van der Waals surface area (Å²) >= 11 is 0. The van der Waals surface area contributed by atoms with Gasteiger partial charge in [-0.15, -0.1) is 12.4 Å². The Labute approximate surface area is 187 Å². The molecule has 3 heteroatoms. The maximum atomic E-state index is 5.89. The maximum Gasteiger partial charge on any atom is 0.119 e. The highest BCUT2D eigenvalue weighted by atomic mass is 35.5. The fourth-order valence-electron chi connectivity index (χ4n) is 3.53. The third-order valence-electron chi connectivity index (χ3n) is 4.94. The molecule has 30 heavy (non-hydrogen) atoms. The van der Waals surface area contributed by atoms with E-state index in [1.807, 2.05) is 0 Å². The lowest BCUT2D eigenvalue weighted by Crippen LogP contribution is -2.19. The van der Waals surface area contributed by atoms with Crippen LogP contribution in [0, 0.1) is 5.92 Å². The normalized spacial score (nSPS) is 11.8. The molecule has 0 unspecified atom stereocenters. The van der Waals surface area contributed by atoms with Gasteiger partial charge in [-0.25, -0.2) is 0 Å². The minimum absolute atomic E-state index is 0. The average molecular weight is 422 g/mol. The van der Waals surface area contributed by atoms with Crippen molar-refractivity contribution in [1.82, 2.24) is 4.90 Å². The van der Waals surface area contributed by atoms with Crippen LogP contribution in [-0.4, -0.2) is 32.1 Å². The Morgan fingerprint density at radius 3 is 1.73 bits per heavy atom. The maximum absolute atomic E-state index is 5.89. The molecule has 0 fully saturated rings. The molecule has 2 nitrogen and oxygen atoms in total. The third-order valence-corrected chi connectivity index (χ3v) is 4.94. The van der Waals surface area contributed by atoms with Crippen molar-refractivity contribution in [1.29, 1.82) is 0 Å². The number of ether oxygens (including phenoxy) is 1. The first kappa shape index (κ1) is 23.7. The summed E-state index contributed by atoms with van der Waals surface area (Å²) in [6, 6.07) is 29.9. The number of hydrogen-bond acceptors (Lipinski definition) is 2. The molecule has 0 aromatic heterocycles. The topological polar surface area (TPSA) is 12.5 Å². The number of hydrogen-bond donors (Lipinski definition) is 0. The van der Waals surface area contributed by atoms with E-state index < -0.39 is 0 Å². The van der Waals surface area contributed by atoms with Crippen LogP contribution in [-0.2, 0) is 0 Å². The minimum atomic E-state index is 0. The van der Waals surface area contributed by atoms with Gasteiger partial charge in [-0.05, 0) is 60.0 Å². The molecule has 0 radical (unpaired) electrons. The van der Waals surface area contributed by atoms with Gasteiger partial charge in [-0.1, -0.05) is 86.6 Å². The van der Waals surface area contributed by atoms with E-state index in [1.54, 1.807) is 0 Å². The van der Waals surface area contributed by atoms with Crippen molar-refractivity contribution in [3.8, 4) is 5.75 Å². The molecule has 3 aromatic rings. The van der Waals surface area contributed by atoms with Crippen LogP contribution >= 0.6 is 12.4 Å². The molecule has 3 aromatic carbocycles. The smallest absolute Gasteiger partial charge is 0.119 e. The van der Waals surface area contributed by atoms with Crippen LogP contribution < -0.4 is 4.74 Å². The van der Waals surface area contributed by atoms with Crippen LogP contribution in [0.2, 0.25) is 0 Å². The summed E-state index contributed by atoms with van der Waals surface area (Å²) in [6.45, 7) is 6.13. The molecule has 3 rings (SSSR count). The van der Waals surface area contributed by atoms with E-state index in [1.165, 1.54) is 27.8 Å². The lowest BCUT2D eigenvalue weighted by molar-refractivity contribution is 0.261. The van der Waals surface area contributed by atoms with Crippen molar-refractivity contribution in [2.45, 2.75) is 13.8 Å². The Morgan fingerprint density at radius 1 is 0.733 bits per heavy atom. The van der Waals surface area contributed by atoms with E-state index in [-0.39, 0.29) is 12.4 Å². The average Bonchev–Trinajstić information content (AvgIpc) is 2.73. The SMILES string of the molecule is CC(C)/C(=C(\c1ccccc1)c1ccc(OCCN(C)C)cc1)c1ccccc1.Cl. The molecule has 0 N–H and O–H groups in total. The minimum Gasteiger partial charge on any atom is -0.492 e. The van der Waals surface area contributed by atoms with Gasteiger partial charge in [0.25, 0.3) is 0 Å². The predicted octanol–water partition coefficient (Wildman–Crippen LogP) is 6.66. The van der Waals surface area contributed by atoms with Gasteiger partial charge in [-0.2, -0.15) is 0 Å². The van der Waals surface area contributed by atoms with Crippen molar-refractivity contribution in [3.05, 3.63) is 102 Å². The van der Waals surface area contributed by atoms with E-state index in [0.29, 0.717) is 12.5 Å². The van der Waals surface area contributed by atoms with Crippen molar-refractivity contribution >= 4 is 23.6 Å². The second-order valence-corrected chi connectivity index (χ2v) is 7.85. The molecule has 0 bridgehead atoms. The summed E-state index contributed by atoms with van der Waals surface area (Å²) in [7, 11) is 4.11. The molecule has 0 saturated heterocycles. The molecule has 0 heterocycles. The van der Waals surface area contributed by atoms with Gasteiger partial charge in [0.15, 0.2) is 0 Å². The zero-order valence-electron chi connectivity index (χ0n) is 18.3. The van der Waals surface area contributed by atoms with Crippen molar-refractivity contribution in [3.63, 3.8) is 0 Å². The summed E-state index contributed by atoms with van der Waals surface area (Å²) in [6.07, 6.45) is 0. The highest BCUT2D eigenvalue weighted by Gasteiger charge is 2.16. The number of rotatable bonds is 8. The zero-order chi connectivity index (χ0) is 20.6. The monoisotopic (exact) mass is 421 g/mol. The van der Waals surface area contributed by atoms with Gasteiger partial charge in [-0.3, -0.25) is 0 Å². The van der Waals surface area contributed by atoms with Crippen molar-refractivity contribution < 1.29 is 4.74 Å². The molecule has 0 atom stereocenters. The molecule has 0 saturated carbocycles.